The summed E-state index contributed by atoms with van der Waals surface area (Å²) in [4.78, 5) is 30.7. The Balaban J connectivity index is 0.00000128. The minimum absolute atomic E-state index is 0. The predicted octanol–water partition coefficient (Wildman–Crippen LogP) is 2.23. The molecule has 30 heavy (non-hydrogen) atoms. The van der Waals surface area contributed by atoms with Crippen molar-refractivity contribution < 1.29 is 4.79 Å². The number of nitrogens with one attached hydrogen (secondary N) is 1. The van der Waals surface area contributed by atoms with Crippen LogP contribution >= 0.6 is 24.8 Å². The third kappa shape index (κ3) is 4.57. The molecule has 3 saturated heterocycles. The first-order valence-electron chi connectivity index (χ1n) is 11.1. The number of aromatic nitrogens is 1. The maximum absolute atomic E-state index is 13.1. The maximum atomic E-state index is 13.1. The molecule has 1 aromatic heterocycles. The van der Waals surface area contributed by atoms with Crippen molar-refractivity contribution in [3.63, 3.8) is 0 Å². The van der Waals surface area contributed by atoms with Gasteiger partial charge in [0, 0.05) is 49.9 Å². The molecular formula is C22H34Cl2N4O2. The van der Waals surface area contributed by atoms with E-state index in [9.17, 15) is 9.59 Å². The molecule has 2 bridgehead atoms. The SMILES string of the molecule is Cl.Cl.O=C([C@@H]1CCCNC1)N1C[C@@H]2C[C@H](C1)c1ccc(CN3CCCC3)c(=O)n1C2. The number of halogens is 2. The largest absolute Gasteiger partial charge is 0.341 e. The van der Waals surface area contributed by atoms with Crippen LogP contribution in [0.1, 0.15) is 49.3 Å². The molecule has 4 aliphatic heterocycles. The summed E-state index contributed by atoms with van der Waals surface area (Å²) >= 11 is 0. The van der Waals surface area contributed by atoms with Crippen LogP contribution in [0.3, 0.4) is 0 Å². The van der Waals surface area contributed by atoms with Gasteiger partial charge in [-0.25, -0.2) is 0 Å². The van der Waals surface area contributed by atoms with Crippen molar-refractivity contribution in [2.45, 2.75) is 51.1 Å². The van der Waals surface area contributed by atoms with Crippen LogP contribution in [-0.2, 0) is 17.9 Å². The Hall–Kier alpha value is -1.08. The van der Waals surface area contributed by atoms with E-state index >= 15 is 0 Å². The molecule has 0 aliphatic carbocycles. The molecule has 1 aromatic rings. The van der Waals surface area contributed by atoms with Crippen LogP contribution in [0, 0.1) is 11.8 Å². The second kappa shape index (κ2) is 10.0. The van der Waals surface area contributed by atoms with Crippen molar-refractivity contribution in [2.24, 2.45) is 11.8 Å². The molecule has 3 atom stereocenters. The van der Waals surface area contributed by atoms with Crippen molar-refractivity contribution in [1.82, 2.24) is 19.7 Å². The van der Waals surface area contributed by atoms with E-state index < -0.39 is 0 Å². The van der Waals surface area contributed by atoms with Gasteiger partial charge in [-0.05, 0) is 63.7 Å². The van der Waals surface area contributed by atoms with E-state index in [0.29, 0.717) is 17.7 Å². The van der Waals surface area contributed by atoms with Crippen LogP contribution in [0.2, 0.25) is 0 Å². The summed E-state index contributed by atoms with van der Waals surface area (Å²) in [7, 11) is 0. The number of hydrogen-bond acceptors (Lipinski definition) is 4. The zero-order valence-electron chi connectivity index (χ0n) is 17.6. The molecule has 0 spiro atoms. The van der Waals surface area contributed by atoms with Gasteiger partial charge in [0.2, 0.25) is 5.91 Å². The van der Waals surface area contributed by atoms with Crippen LogP contribution in [0.4, 0.5) is 0 Å². The maximum Gasteiger partial charge on any atom is 0.255 e. The molecule has 5 rings (SSSR count). The highest BCUT2D eigenvalue weighted by molar-refractivity contribution is 5.85. The first-order valence-corrected chi connectivity index (χ1v) is 11.1. The molecule has 1 amide bonds. The normalized spacial score (nSPS) is 28.3. The Labute approximate surface area is 191 Å². The third-order valence-corrected chi connectivity index (χ3v) is 7.23. The van der Waals surface area contributed by atoms with E-state index in [1.165, 1.54) is 12.8 Å². The highest BCUT2D eigenvalue weighted by atomic mass is 35.5. The highest BCUT2D eigenvalue weighted by Crippen LogP contribution is 2.36. The van der Waals surface area contributed by atoms with Gasteiger partial charge in [0.05, 0.1) is 5.92 Å². The topological polar surface area (TPSA) is 57.6 Å². The fraction of sp³-hybridized carbons (Fsp3) is 0.727. The van der Waals surface area contributed by atoms with E-state index in [0.717, 1.165) is 82.9 Å². The lowest BCUT2D eigenvalue weighted by Crippen LogP contribution is -2.52. The second-order valence-corrected chi connectivity index (χ2v) is 9.27. The minimum atomic E-state index is 0. The van der Waals surface area contributed by atoms with Gasteiger partial charge in [0.1, 0.15) is 0 Å². The van der Waals surface area contributed by atoms with Gasteiger partial charge in [0.25, 0.3) is 5.56 Å². The van der Waals surface area contributed by atoms with Crippen molar-refractivity contribution in [1.29, 1.82) is 0 Å². The zero-order valence-corrected chi connectivity index (χ0v) is 19.2. The fourth-order valence-electron chi connectivity index (χ4n) is 5.79. The second-order valence-electron chi connectivity index (χ2n) is 9.27. The summed E-state index contributed by atoms with van der Waals surface area (Å²) in [5.74, 6) is 1.17. The van der Waals surface area contributed by atoms with Crippen molar-refractivity contribution in [3.8, 4) is 0 Å². The number of carbonyl (C=O) groups is 1. The number of amides is 1. The van der Waals surface area contributed by atoms with Gasteiger partial charge in [-0.2, -0.15) is 0 Å². The monoisotopic (exact) mass is 456 g/mol. The van der Waals surface area contributed by atoms with E-state index in [1.54, 1.807) is 0 Å². The van der Waals surface area contributed by atoms with E-state index in [4.69, 9.17) is 0 Å². The molecular weight excluding hydrogens is 423 g/mol. The van der Waals surface area contributed by atoms with E-state index in [-0.39, 0.29) is 36.3 Å². The number of piperidine rings is 2. The standard InChI is InChI=1S/C22H32N4O2.2ClH/c27-21(17-4-3-7-23-11-17)25-12-16-10-19(15-25)20-6-5-18(22(28)26(20)13-16)14-24-8-1-2-9-24;;/h5-6,16-17,19,23H,1-4,7-15H2;2*1H/t16-,17+,19+;;/m0../s1. The molecule has 168 valence electrons. The van der Waals surface area contributed by atoms with Crippen LogP contribution in [0.25, 0.3) is 0 Å². The number of rotatable bonds is 3. The van der Waals surface area contributed by atoms with Gasteiger partial charge in [-0.1, -0.05) is 6.07 Å². The molecule has 3 fully saturated rings. The molecule has 1 N–H and O–H groups in total. The number of hydrogen-bond donors (Lipinski definition) is 1. The van der Waals surface area contributed by atoms with Gasteiger partial charge in [0.15, 0.2) is 0 Å². The molecule has 0 unspecified atom stereocenters. The van der Waals surface area contributed by atoms with E-state index in [2.05, 4.69) is 27.2 Å². The van der Waals surface area contributed by atoms with Gasteiger partial charge in [-0.3, -0.25) is 14.5 Å². The molecule has 0 aromatic carbocycles. The summed E-state index contributed by atoms with van der Waals surface area (Å²) in [5, 5.41) is 3.37. The quantitative estimate of drug-likeness (QED) is 0.757. The molecule has 8 heteroatoms. The Bertz CT molecular complexity index is 803. The van der Waals surface area contributed by atoms with Crippen LogP contribution in [0.5, 0.6) is 0 Å². The average molecular weight is 457 g/mol. The molecule has 0 saturated carbocycles. The predicted molar refractivity (Wildman–Crippen MR) is 123 cm³/mol. The molecule has 5 heterocycles. The fourth-order valence-corrected chi connectivity index (χ4v) is 5.79. The van der Waals surface area contributed by atoms with Crippen molar-refractivity contribution >= 4 is 30.7 Å². The van der Waals surface area contributed by atoms with Crippen molar-refractivity contribution in [3.05, 3.63) is 33.7 Å². The Morgan fingerprint density at radius 2 is 1.87 bits per heavy atom. The highest BCUT2D eigenvalue weighted by Gasteiger charge is 2.38. The van der Waals surface area contributed by atoms with Crippen LogP contribution in [0.15, 0.2) is 16.9 Å². The van der Waals surface area contributed by atoms with Gasteiger partial charge in [-0.15, -0.1) is 24.8 Å². The zero-order chi connectivity index (χ0) is 19.1. The lowest BCUT2D eigenvalue weighted by atomic mass is 9.82. The first-order chi connectivity index (χ1) is 13.7. The number of carbonyl (C=O) groups excluding carboxylic acids is 1. The average Bonchev–Trinajstić information content (AvgIpc) is 3.23. The summed E-state index contributed by atoms with van der Waals surface area (Å²) in [6, 6.07) is 4.22. The summed E-state index contributed by atoms with van der Waals surface area (Å²) in [6.45, 7) is 7.22. The van der Waals surface area contributed by atoms with Crippen molar-refractivity contribution in [2.75, 3.05) is 39.3 Å². The van der Waals surface area contributed by atoms with Gasteiger partial charge < -0.3 is 14.8 Å². The Kier molecular flexibility index (Phi) is 7.88. The molecule has 6 nitrogen and oxygen atoms in total. The summed E-state index contributed by atoms with van der Waals surface area (Å²) in [6.07, 6.45) is 5.70. The number of pyridine rings is 1. The lowest BCUT2D eigenvalue weighted by molar-refractivity contribution is -0.138. The number of likely N-dealkylation sites (tertiary alicyclic amines) is 2. The van der Waals surface area contributed by atoms with E-state index in [1.807, 2.05) is 4.57 Å². The molecule has 0 radical (unpaired) electrons. The Morgan fingerprint density at radius 3 is 2.60 bits per heavy atom. The number of fused-ring (bicyclic) bond motifs is 4. The summed E-state index contributed by atoms with van der Waals surface area (Å²) in [5.41, 5.74) is 2.29. The molecule has 4 aliphatic rings. The lowest BCUT2D eigenvalue weighted by Gasteiger charge is -2.44. The Morgan fingerprint density at radius 1 is 1.07 bits per heavy atom. The number of nitrogens with zero attached hydrogens (tertiary/aromatic N) is 3. The van der Waals surface area contributed by atoms with Crippen LogP contribution in [-0.4, -0.2) is 59.5 Å². The minimum Gasteiger partial charge on any atom is -0.341 e. The first kappa shape index (κ1) is 23.6. The smallest absolute Gasteiger partial charge is 0.255 e. The third-order valence-electron chi connectivity index (χ3n) is 7.23. The van der Waals surface area contributed by atoms with Crippen LogP contribution < -0.4 is 10.9 Å². The summed E-state index contributed by atoms with van der Waals surface area (Å²) < 4.78 is 2.04. The van der Waals surface area contributed by atoms with Gasteiger partial charge >= 0.3 is 0 Å².